The highest BCUT2D eigenvalue weighted by Crippen LogP contribution is 2.22. The quantitative estimate of drug-likeness (QED) is 0.724. The van der Waals surface area contributed by atoms with E-state index in [1.165, 1.54) is 5.56 Å². The van der Waals surface area contributed by atoms with Crippen molar-refractivity contribution in [3.8, 4) is 0 Å². The zero-order valence-corrected chi connectivity index (χ0v) is 15.5. The minimum absolute atomic E-state index is 0. The number of nitrogens with one attached hydrogen (secondary N) is 1. The Bertz CT molecular complexity index is 445. The highest BCUT2D eigenvalue weighted by Gasteiger charge is 2.20. The smallest absolute Gasteiger partial charge is 0.223 e. The number of hydrogen-bond donors (Lipinski definition) is 2. The van der Waals surface area contributed by atoms with Crippen LogP contribution >= 0.6 is 12.4 Å². The van der Waals surface area contributed by atoms with Gasteiger partial charge in [0.2, 0.25) is 5.91 Å². The standard InChI is InChI=1S/C18H30N2O2.ClH/c1-5-6-14-7-9-15(10-8-14)18(13(2)3)20-17(21)11-16(12-19)22-4;/h7-10,13,16,18H,5-6,11-12,19H2,1-4H3,(H,20,21);1H. The molecule has 0 aliphatic rings. The number of hydrogen-bond acceptors (Lipinski definition) is 3. The first-order valence-corrected chi connectivity index (χ1v) is 8.12. The highest BCUT2D eigenvalue weighted by atomic mass is 35.5. The lowest BCUT2D eigenvalue weighted by Gasteiger charge is -2.24. The largest absolute Gasteiger partial charge is 0.380 e. The number of nitrogens with two attached hydrogens (primary N) is 1. The Hall–Kier alpha value is -1.10. The normalized spacial score (nSPS) is 13.3. The predicted octanol–water partition coefficient (Wildman–Crippen LogP) is 3.24. The van der Waals surface area contributed by atoms with Crippen LogP contribution in [0.5, 0.6) is 0 Å². The summed E-state index contributed by atoms with van der Waals surface area (Å²) in [5, 5.41) is 3.11. The van der Waals surface area contributed by atoms with Crippen LogP contribution in [0.15, 0.2) is 24.3 Å². The zero-order valence-electron chi connectivity index (χ0n) is 14.7. The van der Waals surface area contributed by atoms with Gasteiger partial charge in [0, 0.05) is 13.7 Å². The summed E-state index contributed by atoms with van der Waals surface area (Å²) >= 11 is 0. The molecule has 3 N–H and O–H groups in total. The van der Waals surface area contributed by atoms with E-state index in [1.807, 2.05) is 0 Å². The fourth-order valence-electron chi connectivity index (χ4n) is 2.52. The van der Waals surface area contributed by atoms with E-state index in [9.17, 15) is 4.79 Å². The van der Waals surface area contributed by atoms with Crippen molar-refractivity contribution < 1.29 is 9.53 Å². The Morgan fingerprint density at radius 1 is 1.26 bits per heavy atom. The number of carbonyl (C=O) groups excluding carboxylic acids is 1. The molecule has 2 unspecified atom stereocenters. The Morgan fingerprint density at radius 2 is 1.87 bits per heavy atom. The second kappa shape index (κ2) is 11.4. The number of aryl methyl sites for hydroxylation is 1. The molecule has 0 saturated carbocycles. The van der Waals surface area contributed by atoms with E-state index in [-0.39, 0.29) is 30.5 Å². The first kappa shape index (κ1) is 21.9. The van der Waals surface area contributed by atoms with E-state index >= 15 is 0 Å². The second-order valence-electron chi connectivity index (χ2n) is 6.08. The van der Waals surface area contributed by atoms with Gasteiger partial charge < -0.3 is 15.8 Å². The first-order valence-electron chi connectivity index (χ1n) is 8.12. The molecule has 0 aromatic heterocycles. The summed E-state index contributed by atoms with van der Waals surface area (Å²) in [6.45, 7) is 6.75. The molecule has 0 aliphatic heterocycles. The Kier molecular flexibility index (Phi) is 10.9. The number of carbonyl (C=O) groups is 1. The van der Waals surface area contributed by atoms with E-state index in [1.54, 1.807) is 7.11 Å². The molecule has 0 saturated heterocycles. The molecular formula is C18H31ClN2O2. The third kappa shape index (κ3) is 7.34. The summed E-state index contributed by atoms with van der Waals surface area (Å²) in [7, 11) is 1.58. The van der Waals surface area contributed by atoms with Crippen molar-refractivity contribution in [2.75, 3.05) is 13.7 Å². The third-order valence-electron chi connectivity index (χ3n) is 3.87. The summed E-state index contributed by atoms with van der Waals surface area (Å²) in [4.78, 5) is 12.2. The molecule has 0 spiro atoms. The van der Waals surface area contributed by atoms with E-state index in [0.717, 1.165) is 18.4 Å². The van der Waals surface area contributed by atoms with Gasteiger partial charge in [-0.05, 0) is 23.5 Å². The van der Waals surface area contributed by atoms with Gasteiger partial charge in [-0.3, -0.25) is 4.79 Å². The lowest BCUT2D eigenvalue weighted by Crippen LogP contribution is -2.36. The molecule has 1 rings (SSSR count). The predicted molar refractivity (Wildman–Crippen MR) is 97.9 cm³/mol. The van der Waals surface area contributed by atoms with Gasteiger partial charge in [-0.15, -0.1) is 12.4 Å². The minimum Gasteiger partial charge on any atom is -0.380 e. The van der Waals surface area contributed by atoms with E-state index < -0.39 is 0 Å². The third-order valence-corrected chi connectivity index (χ3v) is 3.87. The molecule has 0 radical (unpaired) electrons. The molecule has 1 aromatic rings. The van der Waals surface area contributed by atoms with Gasteiger partial charge in [0.05, 0.1) is 18.6 Å². The number of benzene rings is 1. The van der Waals surface area contributed by atoms with Crippen LogP contribution in [0.25, 0.3) is 0 Å². The van der Waals surface area contributed by atoms with Crippen molar-refractivity contribution in [2.24, 2.45) is 11.7 Å². The summed E-state index contributed by atoms with van der Waals surface area (Å²) in [5.74, 6) is 0.300. The average Bonchev–Trinajstić information content (AvgIpc) is 2.51. The van der Waals surface area contributed by atoms with Crippen LogP contribution in [-0.2, 0) is 16.0 Å². The fraction of sp³-hybridized carbons (Fsp3) is 0.611. The molecule has 2 atom stereocenters. The Morgan fingerprint density at radius 3 is 2.30 bits per heavy atom. The molecule has 132 valence electrons. The summed E-state index contributed by atoms with van der Waals surface area (Å²) < 4.78 is 5.17. The lowest BCUT2D eigenvalue weighted by molar-refractivity contribution is -0.124. The zero-order chi connectivity index (χ0) is 16.5. The molecule has 0 heterocycles. The average molecular weight is 343 g/mol. The summed E-state index contributed by atoms with van der Waals surface area (Å²) in [5.41, 5.74) is 8.05. The van der Waals surface area contributed by atoms with Gasteiger partial charge in [0.25, 0.3) is 0 Å². The molecular weight excluding hydrogens is 312 g/mol. The van der Waals surface area contributed by atoms with Gasteiger partial charge in [0.15, 0.2) is 0 Å². The molecule has 23 heavy (non-hydrogen) atoms. The van der Waals surface area contributed by atoms with E-state index in [0.29, 0.717) is 18.9 Å². The fourth-order valence-corrected chi connectivity index (χ4v) is 2.52. The highest BCUT2D eigenvalue weighted by molar-refractivity contribution is 5.85. The number of halogens is 1. The molecule has 0 fully saturated rings. The van der Waals surface area contributed by atoms with Crippen molar-refractivity contribution in [1.82, 2.24) is 5.32 Å². The maximum absolute atomic E-state index is 12.2. The van der Waals surface area contributed by atoms with Crippen molar-refractivity contribution in [1.29, 1.82) is 0 Å². The van der Waals surface area contributed by atoms with Gasteiger partial charge in [-0.25, -0.2) is 0 Å². The maximum Gasteiger partial charge on any atom is 0.223 e. The van der Waals surface area contributed by atoms with Crippen molar-refractivity contribution in [3.63, 3.8) is 0 Å². The molecule has 1 aromatic carbocycles. The van der Waals surface area contributed by atoms with Crippen LogP contribution in [0, 0.1) is 5.92 Å². The summed E-state index contributed by atoms with van der Waals surface area (Å²) in [6, 6.07) is 8.55. The Balaban J connectivity index is 0.00000484. The molecule has 5 heteroatoms. The van der Waals surface area contributed by atoms with E-state index in [4.69, 9.17) is 10.5 Å². The molecule has 4 nitrogen and oxygen atoms in total. The van der Waals surface area contributed by atoms with E-state index in [2.05, 4.69) is 50.4 Å². The summed E-state index contributed by atoms with van der Waals surface area (Å²) in [6.07, 6.45) is 2.30. The van der Waals surface area contributed by atoms with Crippen LogP contribution in [0.1, 0.15) is 50.8 Å². The molecule has 1 amide bonds. The van der Waals surface area contributed by atoms with Crippen molar-refractivity contribution in [3.05, 3.63) is 35.4 Å². The van der Waals surface area contributed by atoms with Gasteiger partial charge >= 0.3 is 0 Å². The second-order valence-corrected chi connectivity index (χ2v) is 6.08. The van der Waals surface area contributed by atoms with Crippen LogP contribution in [-0.4, -0.2) is 25.7 Å². The SMILES string of the molecule is CCCc1ccc(C(NC(=O)CC(CN)OC)C(C)C)cc1.Cl. The maximum atomic E-state index is 12.2. The van der Waals surface area contributed by atoms with Crippen molar-refractivity contribution >= 4 is 18.3 Å². The number of methoxy groups -OCH3 is 1. The number of ether oxygens (including phenoxy) is 1. The first-order chi connectivity index (χ1) is 10.5. The van der Waals surface area contributed by atoms with Crippen LogP contribution < -0.4 is 11.1 Å². The number of amides is 1. The van der Waals surface area contributed by atoms with Gasteiger partial charge in [-0.2, -0.15) is 0 Å². The lowest BCUT2D eigenvalue weighted by atomic mass is 9.94. The molecule has 0 aliphatic carbocycles. The van der Waals surface area contributed by atoms with Crippen LogP contribution in [0.2, 0.25) is 0 Å². The topological polar surface area (TPSA) is 64.4 Å². The monoisotopic (exact) mass is 342 g/mol. The van der Waals surface area contributed by atoms with Gasteiger partial charge in [0.1, 0.15) is 0 Å². The molecule has 0 bridgehead atoms. The Labute approximate surface area is 146 Å². The minimum atomic E-state index is -0.222. The van der Waals surface area contributed by atoms with Gasteiger partial charge in [-0.1, -0.05) is 51.5 Å². The number of rotatable bonds is 9. The van der Waals surface area contributed by atoms with Crippen molar-refractivity contribution in [2.45, 2.75) is 52.2 Å². The van der Waals surface area contributed by atoms with Crippen LogP contribution in [0.3, 0.4) is 0 Å². The van der Waals surface area contributed by atoms with Crippen LogP contribution in [0.4, 0.5) is 0 Å².